The number of anilines is 2. The molecular weight excluding hydrogens is 645 g/mol. The van der Waals surface area contributed by atoms with Gasteiger partial charge < -0.3 is 16.2 Å². The average Bonchev–Trinajstić information content (AvgIpc) is 3.67. The first-order chi connectivity index (χ1) is 21.1. The number of amides is 1. The predicted octanol–water partition coefficient (Wildman–Crippen LogP) is 6.40. The number of benzene rings is 2. The fraction of sp³-hybridized carbons (Fsp3) is 0.214. The number of aryl methyl sites for hydroxylation is 1. The Morgan fingerprint density at radius 2 is 1.89 bits per heavy atom. The van der Waals surface area contributed by atoms with Crippen molar-refractivity contribution in [3.05, 3.63) is 69.0 Å². The number of carboxylic acids is 1. The molecule has 10 nitrogen and oxygen atoms in total. The molecule has 0 saturated heterocycles. The Morgan fingerprint density at radius 3 is 2.60 bits per heavy atom. The third kappa shape index (κ3) is 5.03. The number of carbonyl (C=O) groups is 2. The SMILES string of the molecule is CC1(c2nc(-c3cccc(C(=O)O)c3)cs2)C(=O)Nc2nc(-c3nn(CCC(F)(F)C(F)(F)F)c4cc(Cl)ccc34)nc(N)c21. The monoisotopic (exact) mass is 663 g/mol. The fourth-order valence-corrected chi connectivity index (χ4v) is 6.20. The molecule has 0 saturated carbocycles. The topological polar surface area (TPSA) is 149 Å². The lowest BCUT2D eigenvalue weighted by Crippen LogP contribution is -2.37. The van der Waals surface area contributed by atoms with Gasteiger partial charge in [0.25, 0.3) is 0 Å². The Balaban J connectivity index is 1.39. The number of halogens is 6. The number of aromatic nitrogens is 5. The van der Waals surface area contributed by atoms with Crippen molar-refractivity contribution < 1.29 is 36.6 Å². The van der Waals surface area contributed by atoms with Gasteiger partial charge in [0.2, 0.25) is 5.91 Å². The number of carbonyl (C=O) groups excluding carboxylic acids is 1. The summed E-state index contributed by atoms with van der Waals surface area (Å²) in [6, 6.07) is 10.5. The van der Waals surface area contributed by atoms with E-state index in [0.29, 0.717) is 21.7 Å². The van der Waals surface area contributed by atoms with Gasteiger partial charge in [0.15, 0.2) is 5.82 Å². The van der Waals surface area contributed by atoms with Crippen molar-refractivity contribution in [1.82, 2.24) is 24.7 Å². The first-order valence-electron chi connectivity index (χ1n) is 13.0. The van der Waals surface area contributed by atoms with Crippen molar-refractivity contribution in [2.75, 3.05) is 11.1 Å². The number of nitrogens with two attached hydrogens (primary N) is 1. The summed E-state index contributed by atoms with van der Waals surface area (Å²) >= 11 is 7.23. The van der Waals surface area contributed by atoms with Crippen LogP contribution in [0.3, 0.4) is 0 Å². The highest BCUT2D eigenvalue weighted by atomic mass is 35.5. The van der Waals surface area contributed by atoms with Crippen LogP contribution >= 0.6 is 22.9 Å². The van der Waals surface area contributed by atoms with E-state index in [1.54, 1.807) is 24.4 Å². The molecule has 0 aliphatic carbocycles. The summed E-state index contributed by atoms with van der Waals surface area (Å²) < 4.78 is 66.8. The number of aromatic carboxylic acids is 1. The molecule has 45 heavy (non-hydrogen) atoms. The van der Waals surface area contributed by atoms with Crippen LogP contribution in [0.15, 0.2) is 47.8 Å². The molecule has 0 radical (unpaired) electrons. The van der Waals surface area contributed by atoms with Crippen LogP contribution in [0.25, 0.3) is 33.7 Å². The van der Waals surface area contributed by atoms with Gasteiger partial charge in [-0.15, -0.1) is 11.3 Å². The van der Waals surface area contributed by atoms with Crippen LogP contribution in [0.1, 0.15) is 34.3 Å². The van der Waals surface area contributed by atoms with E-state index in [0.717, 1.165) is 16.0 Å². The Kier molecular flexibility index (Phi) is 7.04. The standard InChI is InChI=1S/C28H19ClF5N7O3S/c1-26(25-36-16(11-45-25)12-3-2-4-13(9-12)23(42)43)18-20(35)37-22(38-21(18)39-24(26)44)19-15-6-5-14(29)10-17(15)41(40-19)8-7-27(30,31)28(32,33)34/h2-6,9-11H,7-8H2,1H3,(H,42,43)(H3,35,37,38,39,44). The van der Waals surface area contributed by atoms with Gasteiger partial charge in [-0.25, -0.2) is 19.7 Å². The number of nitrogens with one attached hydrogen (secondary N) is 1. The van der Waals surface area contributed by atoms with Crippen LogP contribution < -0.4 is 11.1 Å². The third-order valence-corrected chi connectivity index (χ3v) is 8.74. The zero-order valence-electron chi connectivity index (χ0n) is 22.8. The Morgan fingerprint density at radius 1 is 1.13 bits per heavy atom. The van der Waals surface area contributed by atoms with Crippen LogP contribution in [0.2, 0.25) is 5.02 Å². The van der Waals surface area contributed by atoms with Gasteiger partial charge >= 0.3 is 18.1 Å². The van der Waals surface area contributed by atoms with Gasteiger partial charge in [-0.1, -0.05) is 23.7 Å². The van der Waals surface area contributed by atoms with Crippen molar-refractivity contribution in [2.45, 2.75) is 37.4 Å². The maximum atomic E-state index is 13.7. The highest BCUT2D eigenvalue weighted by Crippen LogP contribution is 2.47. The number of nitrogens with zero attached hydrogens (tertiary/aromatic N) is 5. The molecule has 0 spiro atoms. The predicted molar refractivity (Wildman–Crippen MR) is 155 cm³/mol. The lowest BCUT2D eigenvalue weighted by atomic mass is 9.85. The smallest absolute Gasteiger partial charge is 0.453 e. The molecule has 6 rings (SSSR count). The lowest BCUT2D eigenvalue weighted by Gasteiger charge is -2.20. The minimum atomic E-state index is -5.74. The molecule has 4 heterocycles. The Bertz CT molecular complexity index is 2030. The second-order valence-corrected chi connectivity index (χ2v) is 11.6. The summed E-state index contributed by atoms with van der Waals surface area (Å²) in [5.41, 5.74) is 6.36. The summed E-state index contributed by atoms with van der Waals surface area (Å²) in [6.07, 6.45) is -7.31. The van der Waals surface area contributed by atoms with E-state index in [1.807, 2.05) is 0 Å². The van der Waals surface area contributed by atoms with Gasteiger partial charge in [-0.3, -0.25) is 9.48 Å². The molecule has 1 aliphatic rings. The van der Waals surface area contributed by atoms with Crippen LogP contribution in [-0.4, -0.2) is 53.8 Å². The maximum Gasteiger partial charge on any atom is 0.453 e. The first kappa shape index (κ1) is 30.3. The number of fused-ring (bicyclic) bond motifs is 2. The molecule has 5 aromatic rings. The number of alkyl halides is 5. The second-order valence-electron chi connectivity index (χ2n) is 10.3. The molecule has 1 atom stereocenters. The minimum Gasteiger partial charge on any atom is -0.478 e. The highest BCUT2D eigenvalue weighted by molar-refractivity contribution is 7.10. The summed E-state index contributed by atoms with van der Waals surface area (Å²) in [5.74, 6) is -6.79. The molecule has 1 amide bonds. The van der Waals surface area contributed by atoms with Crippen molar-refractivity contribution in [2.24, 2.45) is 0 Å². The van der Waals surface area contributed by atoms with E-state index < -0.39 is 42.4 Å². The number of hydrogen-bond acceptors (Lipinski definition) is 8. The Labute approximate surface area is 258 Å². The van der Waals surface area contributed by atoms with Crippen molar-refractivity contribution >= 4 is 57.4 Å². The normalized spacial score (nSPS) is 16.6. The largest absolute Gasteiger partial charge is 0.478 e. The third-order valence-electron chi connectivity index (χ3n) is 7.44. The van der Waals surface area contributed by atoms with Gasteiger partial charge in [0.05, 0.1) is 22.3 Å². The van der Waals surface area contributed by atoms with Gasteiger partial charge in [-0.2, -0.15) is 27.1 Å². The first-order valence-corrected chi connectivity index (χ1v) is 14.3. The zero-order valence-corrected chi connectivity index (χ0v) is 24.4. The van der Waals surface area contributed by atoms with Crippen molar-refractivity contribution in [1.29, 1.82) is 0 Å². The van der Waals surface area contributed by atoms with Crippen LogP contribution in [0.5, 0.6) is 0 Å². The molecular formula is C28H19ClF5N7O3S. The summed E-state index contributed by atoms with van der Waals surface area (Å²) in [4.78, 5) is 38.2. The lowest BCUT2D eigenvalue weighted by molar-refractivity contribution is -0.285. The van der Waals surface area contributed by atoms with Gasteiger partial charge in [-0.05, 0) is 37.3 Å². The average molecular weight is 664 g/mol. The molecule has 1 unspecified atom stereocenters. The quantitative estimate of drug-likeness (QED) is 0.170. The van der Waals surface area contributed by atoms with E-state index >= 15 is 0 Å². The summed E-state index contributed by atoms with van der Waals surface area (Å²) in [7, 11) is 0. The highest BCUT2D eigenvalue weighted by Gasteiger charge is 2.57. The summed E-state index contributed by atoms with van der Waals surface area (Å²) in [5, 5.41) is 18.7. The molecule has 3 aromatic heterocycles. The van der Waals surface area contributed by atoms with E-state index in [9.17, 15) is 36.6 Å². The molecule has 4 N–H and O–H groups in total. The fourth-order valence-electron chi connectivity index (χ4n) is 5.04. The maximum absolute atomic E-state index is 13.7. The molecule has 0 fully saturated rings. The van der Waals surface area contributed by atoms with Gasteiger partial charge in [0, 0.05) is 34.3 Å². The summed E-state index contributed by atoms with van der Waals surface area (Å²) in [6.45, 7) is 0.775. The molecule has 232 valence electrons. The number of nitrogen functional groups attached to an aromatic ring is 1. The molecule has 17 heteroatoms. The zero-order chi connectivity index (χ0) is 32.5. The van der Waals surface area contributed by atoms with E-state index in [-0.39, 0.29) is 44.8 Å². The van der Waals surface area contributed by atoms with Crippen molar-refractivity contribution in [3.8, 4) is 22.8 Å². The number of rotatable bonds is 7. The molecule has 2 aromatic carbocycles. The molecule has 0 bridgehead atoms. The number of hydrogen-bond donors (Lipinski definition) is 3. The van der Waals surface area contributed by atoms with Crippen molar-refractivity contribution in [3.63, 3.8) is 0 Å². The van der Waals surface area contributed by atoms with Crippen LogP contribution in [-0.2, 0) is 16.8 Å². The van der Waals surface area contributed by atoms with Gasteiger partial charge in [0.1, 0.15) is 27.8 Å². The number of thiazole rings is 1. The van der Waals surface area contributed by atoms with Crippen LogP contribution in [0.4, 0.5) is 33.6 Å². The van der Waals surface area contributed by atoms with E-state index in [4.69, 9.17) is 17.3 Å². The Hall–Kier alpha value is -4.70. The minimum absolute atomic E-state index is 0.0178. The van der Waals surface area contributed by atoms with E-state index in [1.165, 1.54) is 30.3 Å². The van der Waals surface area contributed by atoms with Crippen LogP contribution in [0, 0.1) is 0 Å². The van der Waals surface area contributed by atoms with E-state index in [2.05, 4.69) is 25.4 Å². The number of carboxylic acid groups (broad SMARTS) is 1. The second kappa shape index (κ2) is 10.4. The molecule has 1 aliphatic heterocycles.